The van der Waals surface area contributed by atoms with Crippen LogP contribution in [-0.2, 0) is 4.79 Å². The lowest BCUT2D eigenvalue weighted by atomic mass is 10.2. The quantitative estimate of drug-likeness (QED) is 0.600. The van der Waals surface area contributed by atoms with Crippen LogP contribution in [-0.4, -0.2) is 18.7 Å². The first-order valence-corrected chi connectivity index (χ1v) is 7.75. The van der Waals surface area contributed by atoms with Crippen LogP contribution in [0.4, 0.5) is 0 Å². The van der Waals surface area contributed by atoms with Crippen molar-refractivity contribution in [2.24, 2.45) is 5.10 Å². The van der Waals surface area contributed by atoms with Gasteiger partial charge in [-0.3, -0.25) is 4.79 Å². The van der Waals surface area contributed by atoms with Crippen LogP contribution in [0.1, 0.15) is 5.56 Å². The average molecular weight is 402 g/mol. The highest BCUT2D eigenvalue weighted by Gasteiger charge is 2.02. The van der Waals surface area contributed by atoms with Crippen LogP contribution in [0.3, 0.4) is 0 Å². The van der Waals surface area contributed by atoms with Crippen molar-refractivity contribution in [3.8, 4) is 5.75 Å². The van der Waals surface area contributed by atoms with Crippen molar-refractivity contribution in [1.29, 1.82) is 0 Å². The highest BCUT2D eigenvalue weighted by atomic mass is 79.9. The molecule has 0 saturated carbocycles. The van der Waals surface area contributed by atoms with Gasteiger partial charge in [-0.2, -0.15) is 5.10 Å². The number of nitrogens with one attached hydrogen (secondary N) is 1. The Hall–Kier alpha value is -1.56. The van der Waals surface area contributed by atoms with Crippen molar-refractivity contribution < 1.29 is 9.53 Å². The summed E-state index contributed by atoms with van der Waals surface area (Å²) in [6, 6.07) is 12.2. The maximum Gasteiger partial charge on any atom is 0.277 e. The molecule has 0 aromatic heterocycles. The molecular weight excluding hydrogens is 391 g/mol. The number of halogens is 3. The first-order valence-electron chi connectivity index (χ1n) is 6.20. The highest BCUT2D eigenvalue weighted by molar-refractivity contribution is 9.10. The Kier molecular flexibility index (Phi) is 6.24. The topological polar surface area (TPSA) is 50.7 Å². The Bertz CT molecular complexity index is 708. The number of nitrogens with zero attached hydrogens (tertiary/aromatic N) is 1. The number of benzene rings is 2. The standard InChI is InChI=1S/C15H11BrCl2N2O2/c16-11-2-1-3-13(6-11)22-9-15(21)20-19-8-10-4-5-12(17)7-14(10)18/h1-8H,9H2,(H,20,21)/b19-8-. The van der Waals surface area contributed by atoms with Crippen molar-refractivity contribution >= 4 is 51.3 Å². The van der Waals surface area contributed by atoms with Crippen molar-refractivity contribution in [2.45, 2.75) is 0 Å². The van der Waals surface area contributed by atoms with Gasteiger partial charge in [0.25, 0.3) is 5.91 Å². The minimum absolute atomic E-state index is 0.137. The van der Waals surface area contributed by atoms with Crippen LogP contribution in [0.5, 0.6) is 5.75 Å². The van der Waals surface area contributed by atoms with Gasteiger partial charge < -0.3 is 4.74 Å². The first-order chi connectivity index (χ1) is 10.5. The van der Waals surface area contributed by atoms with Crippen LogP contribution < -0.4 is 10.2 Å². The van der Waals surface area contributed by atoms with Gasteiger partial charge in [0, 0.05) is 15.1 Å². The molecule has 0 aliphatic carbocycles. The summed E-state index contributed by atoms with van der Waals surface area (Å²) in [4.78, 5) is 11.6. The van der Waals surface area contributed by atoms with Gasteiger partial charge in [0.05, 0.1) is 11.2 Å². The van der Waals surface area contributed by atoms with Gasteiger partial charge in [0.1, 0.15) is 5.75 Å². The smallest absolute Gasteiger partial charge is 0.277 e. The normalized spacial score (nSPS) is 10.7. The lowest BCUT2D eigenvalue weighted by Crippen LogP contribution is -2.24. The molecule has 0 unspecified atom stereocenters. The molecule has 22 heavy (non-hydrogen) atoms. The maximum absolute atomic E-state index is 11.6. The zero-order chi connectivity index (χ0) is 15.9. The summed E-state index contributed by atoms with van der Waals surface area (Å²) in [6.45, 7) is -0.137. The summed E-state index contributed by atoms with van der Waals surface area (Å²) in [5, 5.41) is 4.81. The largest absolute Gasteiger partial charge is 0.484 e. The number of rotatable bonds is 5. The summed E-state index contributed by atoms with van der Waals surface area (Å²) in [6.07, 6.45) is 1.44. The van der Waals surface area contributed by atoms with E-state index in [0.29, 0.717) is 21.4 Å². The third-order valence-corrected chi connectivity index (χ3v) is 3.58. The molecule has 0 heterocycles. The molecule has 0 saturated heterocycles. The van der Waals surface area contributed by atoms with E-state index in [1.807, 2.05) is 12.1 Å². The molecule has 114 valence electrons. The fraction of sp³-hybridized carbons (Fsp3) is 0.0667. The number of amides is 1. The lowest BCUT2D eigenvalue weighted by molar-refractivity contribution is -0.123. The molecule has 0 fully saturated rings. The molecule has 4 nitrogen and oxygen atoms in total. The van der Waals surface area contributed by atoms with Crippen LogP contribution in [0.2, 0.25) is 10.0 Å². The van der Waals surface area contributed by atoms with Gasteiger partial charge in [-0.15, -0.1) is 0 Å². The van der Waals surface area contributed by atoms with E-state index in [-0.39, 0.29) is 12.5 Å². The Balaban J connectivity index is 1.83. The number of ether oxygens (including phenoxy) is 1. The van der Waals surface area contributed by atoms with Gasteiger partial charge in [-0.25, -0.2) is 5.43 Å². The van der Waals surface area contributed by atoms with Crippen molar-refractivity contribution in [3.63, 3.8) is 0 Å². The fourth-order valence-electron chi connectivity index (χ4n) is 1.52. The Morgan fingerprint density at radius 2 is 2.09 bits per heavy atom. The summed E-state index contributed by atoms with van der Waals surface area (Å²) in [5.74, 6) is 0.218. The van der Waals surface area contributed by atoms with E-state index in [4.69, 9.17) is 27.9 Å². The van der Waals surface area contributed by atoms with Crippen molar-refractivity contribution in [1.82, 2.24) is 5.43 Å². The maximum atomic E-state index is 11.6. The molecule has 1 N–H and O–H groups in total. The SMILES string of the molecule is O=C(COc1cccc(Br)c1)N/N=C\c1ccc(Cl)cc1Cl. The molecule has 0 atom stereocenters. The van der Waals surface area contributed by atoms with E-state index in [1.54, 1.807) is 30.3 Å². The number of hydrazone groups is 1. The molecule has 0 aliphatic rings. The second-order valence-corrected chi connectivity index (χ2v) is 5.96. The third kappa shape index (κ3) is 5.33. The molecule has 1 amide bonds. The summed E-state index contributed by atoms with van der Waals surface area (Å²) < 4.78 is 6.21. The van der Waals surface area contributed by atoms with E-state index in [2.05, 4.69) is 26.5 Å². The summed E-state index contributed by atoms with van der Waals surface area (Å²) in [5.41, 5.74) is 3.01. The van der Waals surface area contributed by atoms with E-state index < -0.39 is 0 Å². The zero-order valence-corrected chi connectivity index (χ0v) is 14.3. The van der Waals surface area contributed by atoms with E-state index in [1.165, 1.54) is 6.21 Å². The second-order valence-electron chi connectivity index (χ2n) is 4.21. The molecule has 2 aromatic rings. The predicted octanol–water partition coefficient (Wildman–Crippen LogP) is 4.29. The number of carbonyl (C=O) groups excluding carboxylic acids is 1. The van der Waals surface area contributed by atoms with E-state index in [9.17, 15) is 4.79 Å². The molecule has 0 bridgehead atoms. The Morgan fingerprint density at radius 3 is 2.82 bits per heavy atom. The molecule has 0 spiro atoms. The zero-order valence-electron chi connectivity index (χ0n) is 11.2. The summed E-state index contributed by atoms with van der Waals surface area (Å²) in [7, 11) is 0. The van der Waals surface area contributed by atoms with Crippen LogP contribution in [0.25, 0.3) is 0 Å². The highest BCUT2D eigenvalue weighted by Crippen LogP contribution is 2.19. The average Bonchev–Trinajstić information content (AvgIpc) is 2.47. The van der Waals surface area contributed by atoms with Crippen LogP contribution >= 0.6 is 39.1 Å². The molecule has 7 heteroatoms. The third-order valence-electron chi connectivity index (χ3n) is 2.52. The number of hydrogen-bond acceptors (Lipinski definition) is 3. The lowest BCUT2D eigenvalue weighted by Gasteiger charge is -2.05. The Morgan fingerprint density at radius 1 is 1.27 bits per heavy atom. The second kappa shape index (κ2) is 8.17. The Labute approximate surface area is 146 Å². The van der Waals surface area contributed by atoms with Crippen LogP contribution in [0.15, 0.2) is 52.0 Å². The minimum atomic E-state index is -0.374. The van der Waals surface area contributed by atoms with Gasteiger partial charge in [-0.1, -0.05) is 51.3 Å². The predicted molar refractivity (Wildman–Crippen MR) is 91.8 cm³/mol. The van der Waals surface area contributed by atoms with Gasteiger partial charge in [0.15, 0.2) is 6.61 Å². The molecule has 0 aliphatic heterocycles. The molecular formula is C15H11BrCl2N2O2. The van der Waals surface area contributed by atoms with Gasteiger partial charge >= 0.3 is 0 Å². The molecule has 2 aromatic carbocycles. The summed E-state index contributed by atoms with van der Waals surface area (Å²) >= 11 is 15.1. The molecule has 2 rings (SSSR count). The van der Waals surface area contributed by atoms with E-state index >= 15 is 0 Å². The van der Waals surface area contributed by atoms with Gasteiger partial charge in [-0.05, 0) is 30.3 Å². The monoisotopic (exact) mass is 400 g/mol. The number of hydrogen-bond donors (Lipinski definition) is 1. The fourth-order valence-corrected chi connectivity index (χ4v) is 2.35. The van der Waals surface area contributed by atoms with Crippen LogP contribution in [0, 0.1) is 0 Å². The van der Waals surface area contributed by atoms with E-state index in [0.717, 1.165) is 4.47 Å². The van der Waals surface area contributed by atoms with Gasteiger partial charge in [0.2, 0.25) is 0 Å². The minimum Gasteiger partial charge on any atom is -0.484 e. The van der Waals surface area contributed by atoms with Crippen molar-refractivity contribution in [3.05, 3.63) is 62.5 Å². The first kappa shape index (κ1) is 16.8. The molecule has 0 radical (unpaired) electrons. The van der Waals surface area contributed by atoms with Crippen molar-refractivity contribution in [2.75, 3.05) is 6.61 Å². The number of carbonyl (C=O) groups is 1.